The average molecular weight is 346 g/mol. The first kappa shape index (κ1) is 16.4. The Hall–Kier alpha value is -2.45. The maximum absolute atomic E-state index is 11.9. The van der Waals surface area contributed by atoms with Gasteiger partial charge < -0.3 is 14.7 Å². The van der Waals surface area contributed by atoms with Gasteiger partial charge in [-0.05, 0) is 17.7 Å². The van der Waals surface area contributed by atoms with Crippen LogP contribution in [0, 0.1) is 0 Å². The molecule has 2 heterocycles. The third-order valence-electron chi connectivity index (χ3n) is 3.44. The van der Waals surface area contributed by atoms with E-state index in [9.17, 15) is 9.90 Å². The lowest BCUT2D eigenvalue weighted by Crippen LogP contribution is -2.36. The molecule has 3 rings (SSSR count). The molecular weight excluding hydrogens is 328 g/mol. The van der Waals surface area contributed by atoms with Crippen LogP contribution in [0.25, 0.3) is 0 Å². The van der Waals surface area contributed by atoms with Crippen LogP contribution in [0.4, 0.5) is 5.13 Å². The van der Waals surface area contributed by atoms with E-state index in [1.54, 1.807) is 24.3 Å². The highest BCUT2D eigenvalue weighted by Crippen LogP contribution is 2.21. The number of phenols is 1. The third kappa shape index (κ3) is 4.53. The third-order valence-corrected chi connectivity index (χ3v) is 4.39. The number of nitrogens with one attached hydrogen (secondary N) is 1. The minimum Gasteiger partial charge on any atom is -0.508 e. The molecule has 126 valence electrons. The molecule has 1 aliphatic heterocycles. The van der Waals surface area contributed by atoms with E-state index in [1.165, 1.54) is 17.6 Å². The van der Waals surface area contributed by atoms with Gasteiger partial charge in [0, 0.05) is 18.5 Å². The number of carbonyl (C=O) groups is 1. The summed E-state index contributed by atoms with van der Waals surface area (Å²) >= 11 is 1.53. The molecule has 0 saturated carbocycles. The lowest BCUT2D eigenvalue weighted by molar-refractivity contribution is -0.120. The SMILES string of the molecule is O=C(Cc1csc(N2CCOCC2)n1)NN=Cc1cccc(O)c1. The van der Waals surface area contributed by atoms with Crippen LogP contribution in [0.3, 0.4) is 0 Å². The second-order valence-electron chi connectivity index (χ2n) is 5.29. The van der Waals surface area contributed by atoms with Crippen molar-refractivity contribution in [1.29, 1.82) is 0 Å². The lowest BCUT2D eigenvalue weighted by atomic mass is 10.2. The number of ether oxygens (including phenoxy) is 1. The van der Waals surface area contributed by atoms with E-state index in [4.69, 9.17) is 4.74 Å². The Balaban J connectivity index is 1.50. The molecule has 0 spiro atoms. The van der Waals surface area contributed by atoms with E-state index >= 15 is 0 Å². The van der Waals surface area contributed by atoms with Crippen molar-refractivity contribution in [2.24, 2.45) is 5.10 Å². The molecule has 1 aromatic heterocycles. The molecule has 8 heteroatoms. The zero-order valence-corrected chi connectivity index (χ0v) is 13.8. The summed E-state index contributed by atoms with van der Waals surface area (Å²) in [6.07, 6.45) is 1.66. The molecule has 1 fully saturated rings. The van der Waals surface area contributed by atoms with Crippen molar-refractivity contribution in [2.75, 3.05) is 31.2 Å². The Morgan fingerprint density at radius 1 is 1.46 bits per heavy atom. The summed E-state index contributed by atoms with van der Waals surface area (Å²) in [6, 6.07) is 6.63. The molecule has 2 N–H and O–H groups in total. The molecule has 0 bridgehead atoms. The van der Waals surface area contributed by atoms with Gasteiger partial charge >= 0.3 is 0 Å². The van der Waals surface area contributed by atoms with Crippen molar-refractivity contribution in [3.63, 3.8) is 0 Å². The normalized spacial score (nSPS) is 14.9. The Kier molecular flexibility index (Phi) is 5.39. The van der Waals surface area contributed by atoms with Crippen molar-refractivity contribution in [2.45, 2.75) is 6.42 Å². The first-order valence-electron chi connectivity index (χ1n) is 7.59. The van der Waals surface area contributed by atoms with Gasteiger partial charge in [0.15, 0.2) is 5.13 Å². The number of thiazole rings is 1. The maximum Gasteiger partial charge on any atom is 0.246 e. The van der Waals surface area contributed by atoms with Crippen molar-refractivity contribution in [3.05, 3.63) is 40.9 Å². The Labute approximate surface area is 143 Å². The predicted molar refractivity (Wildman–Crippen MR) is 92.7 cm³/mol. The van der Waals surface area contributed by atoms with Gasteiger partial charge in [0.25, 0.3) is 0 Å². The maximum atomic E-state index is 11.9. The van der Waals surface area contributed by atoms with Crippen LogP contribution >= 0.6 is 11.3 Å². The first-order valence-corrected chi connectivity index (χ1v) is 8.47. The van der Waals surface area contributed by atoms with E-state index < -0.39 is 0 Å². The highest BCUT2D eigenvalue weighted by atomic mass is 32.1. The van der Waals surface area contributed by atoms with Crippen LogP contribution in [-0.4, -0.2) is 48.5 Å². The summed E-state index contributed by atoms with van der Waals surface area (Å²) < 4.78 is 5.32. The van der Waals surface area contributed by atoms with Crippen LogP contribution in [0.5, 0.6) is 5.75 Å². The molecule has 2 aromatic rings. The number of anilines is 1. The number of hydrazone groups is 1. The molecule has 0 radical (unpaired) electrons. The van der Waals surface area contributed by atoms with Crippen LogP contribution in [0.2, 0.25) is 0 Å². The number of benzene rings is 1. The molecule has 0 unspecified atom stereocenters. The number of carbonyl (C=O) groups excluding carboxylic acids is 1. The highest BCUT2D eigenvalue weighted by molar-refractivity contribution is 7.13. The monoisotopic (exact) mass is 346 g/mol. The predicted octanol–water partition coefficient (Wildman–Crippen LogP) is 1.38. The number of amides is 1. The van der Waals surface area contributed by atoms with Crippen molar-refractivity contribution in [1.82, 2.24) is 10.4 Å². The summed E-state index contributed by atoms with van der Waals surface area (Å²) in [5, 5.41) is 16.1. The van der Waals surface area contributed by atoms with E-state index in [2.05, 4.69) is 20.4 Å². The Morgan fingerprint density at radius 3 is 3.08 bits per heavy atom. The molecule has 1 aromatic carbocycles. The molecule has 1 aliphatic rings. The molecular formula is C16H18N4O3S. The number of hydrogen-bond donors (Lipinski definition) is 2. The fraction of sp³-hybridized carbons (Fsp3) is 0.312. The minimum absolute atomic E-state index is 0.156. The van der Waals surface area contributed by atoms with Gasteiger partial charge in [-0.25, -0.2) is 10.4 Å². The van der Waals surface area contributed by atoms with Gasteiger partial charge in [-0.2, -0.15) is 5.10 Å². The van der Waals surface area contributed by atoms with E-state index in [-0.39, 0.29) is 18.1 Å². The number of hydrogen-bond acceptors (Lipinski definition) is 7. The zero-order chi connectivity index (χ0) is 16.8. The van der Waals surface area contributed by atoms with Crippen molar-refractivity contribution >= 4 is 28.6 Å². The number of phenolic OH excluding ortho intramolecular Hbond substituents is 1. The van der Waals surface area contributed by atoms with Crippen LogP contribution in [0.1, 0.15) is 11.3 Å². The largest absolute Gasteiger partial charge is 0.508 e. The van der Waals surface area contributed by atoms with Gasteiger partial charge in [0.2, 0.25) is 5.91 Å². The summed E-state index contributed by atoms with van der Waals surface area (Å²) in [5.41, 5.74) is 3.90. The van der Waals surface area contributed by atoms with E-state index in [0.29, 0.717) is 18.8 Å². The number of aromatic nitrogens is 1. The number of rotatable bonds is 5. The van der Waals surface area contributed by atoms with Crippen molar-refractivity contribution < 1.29 is 14.6 Å². The standard InChI is InChI=1S/C16H18N4O3S/c21-14-3-1-2-12(8-14)10-17-19-15(22)9-13-11-24-16(18-13)20-4-6-23-7-5-20/h1-3,8,10-11,21H,4-7,9H2,(H,19,22). The number of morpholine rings is 1. The Morgan fingerprint density at radius 2 is 2.29 bits per heavy atom. The number of nitrogens with zero attached hydrogens (tertiary/aromatic N) is 3. The fourth-order valence-corrected chi connectivity index (χ4v) is 3.14. The van der Waals surface area contributed by atoms with Gasteiger partial charge in [-0.1, -0.05) is 12.1 Å². The Bertz CT molecular complexity index is 726. The summed E-state index contributed by atoms with van der Waals surface area (Å²) in [5.74, 6) is -0.0753. The smallest absolute Gasteiger partial charge is 0.246 e. The zero-order valence-electron chi connectivity index (χ0n) is 13.0. The van der Waals surface area contributed by atoms with Gasteiger partial charge in [0.05, 0.1) is 31.5 Å². The number of aromatic hydroxyl groups is 1. The van der Waals surface area contributed by atoms with E-state index in [1.807, 2.05) is 5.38 Å². The fourth-order valence-electron chi connectivity index (χ4n) is 2.27. The van der Waals surface area contributed by atoms with Gasteiger partial charge in [0.1, 0.15) is 5.75 Å². The van der Waals surface area contributed by atoms with Crippen LogP contribution < -0.4 is 10.3 Å². The first-order chi connectivity index (χ1) is 11.7. The second-order valence-corrected chi connectivity index (χ2v) is 6.12. The quantitative estimate of drug-likeness (QED) is 0.631. The van der Waals surface area contributed by atoms with Gasteiger partial charge in [-0.15, -0.1) is 11.3 Å². The molecule has 1 amide bonds. The minimum atomic E-state index is -0.231. The summed E-state index contributed by atoms with van der Waals surface area (Å²) in [4.78, 5) is 18.6. The molecule has 1 saturated heterocycles. The van der Waals surface area contributed by atoms with Crippen LogP contribution in [0.15, 0.2) is 34.7 Å². The molecule has 0 atom stereocenters. The summed E-state index contributed by atoms with van der Waals surface area (Å²) in [7, 11) is 0. The van der Waals surface area contributed by atoms with Gasteiger partial charge in [-0.3, -0.25) is 4.79 Å². The van der Waals surface area contributed by atoms with Crippen molar-refractivity contribution in [3.8, 4) is 5.75 Å². The van der Waals surface area contributed by atoms with E-state index in [0.717, 1.165) is 23.9 Å². The molecule has 7 nitrogen and oxygen atoms in total. The lowest BCUT2D eigenvalue weighted by Gasteiger charge is -2.26. The molecule has 24 heavy (non-hydrogen) atoms. The second kappa shape index (κ2) is 7.89. The molecule has 0 aliphatic carbocycles. The highest BCUT2D eigenvalue weighted by Gasteiger charge is 2.15. The average Bonchev–Trinajstić information content (AvgIpc) is 3.04. The van der Waals surface area contributed by atoms with Crippen LogP contribution in [-0.2, 0) is 16.0 Å². The summed E-state index contributed by atoms with van der Waals surface area (Å²) in [6.45, 7) is 3.07. The topological polar surface area (TPSA) is 87.1 Å².